The van der Waals surface area contributed by atoms with Crippen LogP contribution in [0, 0.1) is 0 Å². The summed E-state index contributed by atoms with van der Waals surface area (Å²) in [6, 6.07) is 0.195. The molecule has 0 bridgehead atoms. The summed E-state index contributed by atoms with van der Waals surface area (Å²) < 4.78 is 39.7. The monoisotopic (exact) mass is 335 g/mol. The van der Waals surface area contributed by atoms with Gasteiger partial charge in [0.05, 0.1) is 4.88 Å². The lowest BCUT2D eigenvalue weighted by Gasteiger charge is -2.35. The van der Waals surface area contributed by atoms with Crippen LogP contribution in [-0.4, -0.2) is 55.7 Å². The van der Waals surface area contributed by atoms with Crippen LogP contribution in [-0.2, 0) is 6.42 Å². The van der Waals surface area contributed by atoms with Gasteiger partial charge in [0.15, 0.2) is 0 Å². The van der Waals surface area contributed by atoms with Crippen molar-refractivity contribution in [1.29, 1.82) is 0 Å². The minimum atomic E-state index is -4.35. The highest BCUT2D eigenvalue weighted by molar-refractivity contribution is 7.12. The zero-order valence-electron chi connectivity index (χ0n) is 12.4. The highest BCUT2D eigenvalue weighted by Crippen LogP contribution is 2.25. The highest BCUT2D eigenvalue weighted by Gasteiger charge is 2.43. The summed E-state index contributed by atoms with van der Waals surface area (Å²) in [6.07, 6.45) is -3.67. The number of alkyl halides is 3. The Bertz CT molecular complexity index is 498. The molecule has 1 atom stereocenters. The first kappa shape index (κ1) is 17.2. The molecule has 1 aromatic heterocycles. The summed E-state index contributed by atoms with van der Waals surface area (Å²) in [4.78, 5) is 14.0. The molecule has 1 unspecified atom stereocenters. The molecular weight excluding hydrogens is 315 g/mol. The third-order valence-electron chi connectivity index (χ3n) is 3.76. The molecule has 1 aliphatic rings. The second kappa shape index (κ2) is 7.43. The summed E-state index contributed by atoms with van der Waals surface area (Å²) in [7, 11) is 0. The van der Waals surface area contributed by atoms with E-state index in [1.807, 2.05) is 13.0 Å². The number of aryl methyl sites for hydroxylation is 1. The SMILES string of the molecule is CCc1ccsc1C(=O)NCC(N1CCNCC1)C(F)(F)F. The third kappa shape index (κ3) is 4.21. The van der Waals surface area contributed by atoms with Crippen molar-refractivity contribution in [1.82, 2.24) is 15.5 Å². The van der Waals surface area contributed by atoms with Crippen molar-refractivity contribution in [3.8, 4) is 0 Å². The molecule has 0 radical (unpaired) electrons. The topological polar surface area (TPSA) is 44.4 Å². The lowest BCUT2D eigenvalue weighted by molar-refractivity contribution is -0.183. The number of hydrogen-bond acceptors (Lipinski definition) is 4. The van der Waals surface area contributed by atoms with Gasteiger partial charge < -0.3 is 10.6 Å². The van der Waals surface area contributed by atoms with Crippen molar-refractivity contribution in [3.05, 3.63) is 21.9 Å². The second-order valence-corrected chi connectivity index (χ2v) is 6.10. The van der Waals surface area contributed by atoms with Crippen LogP contribution < -0.4 is 10.6 Å². The zero-order chi connectivity index (χ0) is 16.2. The maximum absolute atomic E-state index is 13.2. The van der Waals surface area contributed by atoms with E-state index in [-0.39, 0.29) is 0 Å². The zero-order valence-corrected chi connectivity index (χ0v) is 13.2. The first-order chi connectivity index (χ1) is 10.4. The Kier molecular flexibility index (Phi) is 5.82. The number of carbonyl (C=O) groups excluding carboxylic acids is 1. The van der Waals surface area contributed by atoms with E-state index in [0.717, 1.165) is 5.56 Å². The fourth-order valence-electron chi connectivity index (χ4n) is 2.53. The molecule has 4 nitrogen and oxygen atoms in total. The molecule has 0 aromatic carbocycles. The van der Waals surface area contributed by atoms with E-state index in [1.54, 1.807) is 5.38 Å². The van der Waals surface area contributed by atoms with E-state index >= 15 is 0 Å². The maximum atomic E-state index is 13.2. The minimum absolute atomic E-state index is 0.333. The second-order valence-electron chi connectivity index (χ2n) is 5.18. The van der Waals surface area contributed by atoms with Crippen LogP contribution in [0.4, 0.5) is 13.2 Å². The van der Waals surface area contributed by atoms with Crippen LogP contribution in [0.1, 0.15) is 22.2 Å². The van der Waals surface area contributed by atoms with Crippen molar-refractivity contribution in [2.75, 3.05) is 32.7 Å². The van der Waals surface area contributed by atoms with Crippen molar-refractivity contribution in [3.63, 3.8) is 0 Å². The van der Waals surface area contributed by atoms with Gasteiger partial charge in [0.1, 0.15) is 6.04 Å². The average Bonchev–Trinajstić information content (AvgIpc) is 2.95. The average molecular weight is 335 g/mol. The molecule has 22 heavy (non-hydrogen) atoms. The van der Waals surface area contributed by atoms with Gasteiger partial charge in [0.2, 0.25) is 0 Å². The largest absolute Gasteiger partial charge is 0.405 e. The Morgan fingerprint density at radius 1 is 1.45 bits per heavy atom. The molecular formula is C14H20F3N3OS. The Morgan fingerprint density at radius 2 is 2.14 bits per heavy atom. The van der Waals surface area contributed by atoms with Crippen molar-refractivity contribution >= 4 is 17.2 Å². The standard InChI is InChI=1S/C14H20F3N3OS/c1-2-10-3-8-22-12(10)13(21)19-9-11(14(15,16)17)20-6-4-18-5-7-20/h3,8,11,18H,2,4-7,9H2,1H3,(H,19,21). The first-order valence-electron chi connectivity index (χ1n) is 7.29. The van der Waals surface area contributed by atoms with Gasteiger partial charge in [-0.05, 0) is 23.4 Å². The molecule has 2 N–H and O–H groups in total. The van der Waals surface area contributed by atoms with Gasteiger partial charge in [0.25, 0.3) is 5.91 Å². The van der Waals surface area contributed by atoms with Gasteiger partial charge in [-0.3, -0.25) is 9.69 Å². The number of thiophene rings is 1. The van der Waals surface area contributed by atoms with Gasteiger partial charge >= 0.3 is 6.18 Å². The van der Waals surface area contributed by atoms with Crippen molar-refractivity contribution < 1.29 is 18.0 Å². The summed E-state index contributed by atoms with van der Waals surface area (Å²) in [5.41, 5.74) is 0.869. The molecule has 0 saturated carbocycles. The minimum Gasteiger partial charge on any atom is -0.349 e. The van der Waals surface area contributed by atoms with E-state index in [2.05, 4.69) is 10.6 Å². The quantitative estimate of drug-likeness (QED) is 0.864. The molecule has 124 valence electrons. The van der Waals surface area contributed by atoms with E-state index in [9.17, 15) is 18.0 Å². The number of hydrogen-bond donors (Lipinski definition) is 2. The predicted molar refractivity (Wildman–Crippen MR) is 80.3 cm³/mol. The van der Waals surface area contributed by atoms with Gasteiger partial charge in [-0.1, -0.05) is 6.92 Å². The molecule has 0 aliphatic carbocycles. The predicted octanol–water partition coefficient (Wildman–Crippen LogP) is 1.88. The fourth-order valence-corrected chi connectivity index (χ4v) is 3.44. The van der Waals surface area contributed by atoms with Crippen molar-refractivity contribution in [2.24, 2.45) is 0 Å². The van der Waals surface area contributed by atoms with Crippen LogP contribution in [0.25, 0.3) is 0 Å². The molecule has 2 heterocycles. The fraction of sp³-hybridized carbons (Fsp3) is 0.643. The molecule has 1 amide bonds. The number of piperazine rings is 1. The van der Waals surface area contributed by atoms with E-state index < -0.39 is 24.7 Å². The number of amides is 1. The lowest BCUT2D eigenvalue weighted by atomic mass is 10.2. The normalized spacial score (nSPS) is 18.2. The molecule has 1 aromatic rings. The van der Waals surface area contributed by atoms with Gasteiger partial charge in [-0.2, -0.15) is 13.2 Å². The Labute approximate surface area is 131 Å². The number of halogens is 3. The van der Waals surface area contributed by atoms with Crippen molar-refractivity contribution in [2.45, 2.75) is 25.6 Å². The van der Waals surface area contributed by atoms with Gasteiger partial charge in [0, 0.05) is 32.7 Å². The number of rotatable bonds is 5. The van der Waals surface area contributed by atoms with E-state index in [0.29, 0.717) is 37.5 Å². The van der Waals surface area contributed by atoms with E-state index in [1.165, 1.54) is 16.2 Å². The summed E-state index contributed by atoms with van der Waals surface area (Å²) >= 11 is 1.26. The van der Waals surface area contributed by atoms with Gasteiger partial charge in [-0.15, -0.1) is 11.3 Å². The highest BCUT2D eigenvalue weighted by atomic mass is 32.1. The third-order valence-corrected chi connectivity index (χ3v) is 4.72. The smallest absolute Gasteiger partial charge is 0.349 e. The summed E-state index contributed by atoms with van der Waals surface area (Å²) in [5, 5.41) is 7.26. The van der Waals surface area contributed by atoms with Crippen LogP contribution in [0.15, 0.2) is 11.4 Å². The summed E-state index contributed by atoms with van der Waals surface area (Å²) in [6.45, 7) is 3.23. The van der Waals surface area contributed by atoms with Crippen LogP contribution in [0.5, 0.6) is 0 Å². The van der Waals surface area contributed by atoms with E-state index in [4.69, 9.17) is 0 Å². The Hall–Kier alpha value is -1.12. The molecule has 1 fully saturated rings. The summed E-state index contributed by atoms with van der Waals surface area (Å²) in [5.74, 6) is -0.420. The Morgan fingerprint density at radius 3 is 2.73 bits per heavy atom. The molecule has 2 rings (SSSR count). The molecule has 1 aliphatic heterocycles. The molecule has 1 saturated heterocycles. The number of carbonyl (C=O) groups is 1. The van der Waals surface area contributed by atoms with Crippen LogP contribution in [0.3, 0.4) is 0 Å². The molecule has 8 heteroatoms. The number of nitrogens with one attached hydrogen (secondary N) is 2. The van der Waals surface area contributed by atoms with Crippen LogP contribution in [0.2, 0.25) is 0 Å². The molecule has 0 spiro atoms. The Balaban J connectivity index is 2.00. The number of nitrogens with zero attached hydrogens (tertiary/aromatic N) is 1. The first-order valence-corrected chi connectivity index (χ1v) is 8.17. The lowest BCUT2D eigenvalue weighted by Crippen LogP contribution is -2.57. The van der Waals surface area contributed by atoms with Crippen LogP contribution >= 0.6 is 11.3 Å². The maximum Gasteiger partial charge on any atom is 0.405 e. The van der Waals surface area contributed by atoms with Gasteiger partial charge in [-0.25, -0.2) is 0 Å².